The molecule has 0 aliphatic rings. The van der Waals surface area contributed by atoms with Crippen molar-refractivity contribution in [1.29, 1.82) is 0 Å². The standard InChI is InChI=1S/C12H16F2N2O/c1-2-15-5-6-16-12(17)8-9-7-10(13)3-4-11(9)14/h3-4,7,15H,2,5-6,8H2,1H3,(H,16,17). The molecule has 2 N–H and O–H groups in total. The molecule has 0 bridgehead atoms. The Morgan fingerprint density at radius 1 is 1.29 bits per heavy atom. The molecule has 0 saturated carbocycles. The molecule has 1 aromatic rings. The smallest absolute Gasteiger partial charge is 0.224 e. The first-order valence-electron chi connectivity index (χ1n) is 5.54. The number of benzene rings is 1. The van der Waals surface area contributed by atoms with Crippen molar-refractivity contribution < 1.29 is 13.6 Å². The molecule has 0 aliphatic carbocycles. The number of nitrogens with one attached hydrogen (secondary N) is 2. The summed E-state index contributed by atoms with van der Waals surface area (Å²) in [5.41, 5.74) is 0.0750. The van der Waals surface area contributed by atoms with Gasteiger partial charge in [-0.05, 0) is 24.7 Å². The molecule has 3 nitrogen and oxygen atoms in total. The van der Waals surface area contributed by atoms with Gasteiger partial charge in [0.25, 0.3) is 0 Å². The zero-order valence-electron chi connectivity index (χ0n) is 9.72. The Kier molecular flexibility index (Phi) is 5.56. The van der Waals surface area contributed by atoms with Gasteiger partial charge < -0.3 is 10.6 Å². The minimum absolute atomic E-state index is 0.0750. The van der Waals surface area contributed by atoms with Gasteiger partial charge in [-0.25, -0.2) is 8.78 Å². The predicted octanol–water partition coefficient (Wildman–Crippen LogP) is 1.23. The van der Waals surface area contributed by atoms with Gasteiger partial charge in [0.15, 0.2) is 0 Å². The topological polar surface area (TPSA) is 41.1 Å². The number of rotatable bonds is 6. The van der Waals surface area contributed by atoms with Crippen molar-refractivity contribution in [2.75, 3.05) is 19.6 Å². The first-order valence-corrected chi connectivity index (χ1v) is 5.54. The molecule has 0 fully saturated rings. The molecule has 1 rings (SSSR count). The van der Waals surface area contributed by atoms with Crippen LogP contribution in [0.1, 0.15) is 12.5 Å². The number of carbonyl (C=O) groups is 1. The molecule has 0 atom stereocenters. The quantitative estimate of drug-likeness (QED) is 0.737. The van der Waals surface area contributed by atoms with E-state index < -0.39 is 11.6 Å². The van der Waals surface area contributed by atoms with Crippen LogP contribution in [0.25, 0.3) is 0 Å². The molecule has 17 heavy (non-hydrogen) atoms. The molecule has 5 heteroatoms. The second kappa shape index (κ2) is 6.96. The van der Waals surface area contributed by atoms with Gasteiger partial charge in [-0.1, -0.05) is 6.92 Å². The van der Waals surface area contributed by atoms with E-state index in [0.29, 0.717) is 13.1 Å². The number of hydrogen-bond acceptors (Lipinski definition) is 2. The number of amides is 1. The highest BCUT2D eigenvalue weighted by Crippen LogP contribution is 2.10. The van der Waals surface area contributed by atoms with Crippen LogP contribution >= 0.6 is 0 Å². The lowest BCUT2D eigenvalue weighted by Gasteiger charge is -2.06. The van der Waals surface area contributed by atoms with Crippen molar-refractivity contribution in [2.45, 2.75) is 13.3 Å². The Morgan fingerprint density at radius 2 is 2.06 bits per heavy atom. The second-order valence-electron chi connectivity index (χ2n) is 3.62. The average Bonchev–Trinajstić information content (AvgIpc) is 2.29. The lowest BCUT2D eigenvalue weighted by molar-refractivity contribution is -0.120. The SMILES string of the molecule is CCNCCNC(=O)Cc1cc(F)ccc1F. The first-order chi connectivity index (χ1) is 8.13. The molecular formula is C12H16F2N2O. The van der Waals surface area contributed by atoms with E-state index in [-0.39, 0.29) is 17.9 Å². The highest BCUT2D eigenvalue weighted by molar-refractivity contribution is 5.78. The lowest BCUT2D eigenvalue weighted by atomic mass is 10.1. The third-order valence-corrected chi connectivity index (χ3v) is 2.23. The fraction of sp³-hybridized carbons (Fsp3) is 0.417. The molecular weight excluding hydrogens is 226 g/mol. The van der Waals surface area contributed by atoms with Gasteiger partial charge in [0.2, 0.25) is 5.91 Å². The monoisotopic (exact) mass is 242 g/mol. The maximum Gasteiger partial charge on any atom is 0.224 e. The molecule has 0 heterocycles. The zero-order valence-corrected chi connectivity index (χ0v) is 9.72. The van der Waals surface area contributed by atoms with Crippen LogP contribution in [0.15, 0.2) is 18.2 Å². The summed E-state index contributed by atoms with van der Waals surface area (Å²) >= 11 is 0. The van der Waals surface area contributed by atoms with E-state index in [9.17, 15) is 13.6 Å². The highest BCUT2D eigenvalue weighted by atomic mass is 19.1. The number of likely N-dealkylation sites (N-methyl/N-ethyl adjacent to an activating group) is 1. The van der Waals surface area contributed by atoms with E-state index in [1.807, 2.05) is 6.92 Å². The molecule has 1 amide bonds. The Balaban J connectivity index is 2.42. The molecule has 0 unspecified atom stereocenters. The van der Waals surface area contributed by atoms with Gasteiger partial charge in [0.1, 0.15) is 11.6 Å². The second-order valence-corrected chi connectivity index (χ2v) is 3.62. The number of hydrogen-bond donors (Lipinski definition) is 2. The summed E-state index contributed by atoms with van der Waals surface area (Å²) in [5, 5.41) is 5.66. The van der Waals surface area contributed by atoms with Crippen LogP contribution in [0, 0.1) is 11.6 Å². The van der Waals surface area contributed by atoms with Crippen LogP contribution in [-0.4, -0.2) is 25.5 Å². The fourth-order valence-corrected chi connectivity index (χ4v) is 1.38. The van der Waals surface area contributed by atoms with E-state index in [1.165, 1.54) is 0 Å². The van der Waals surface area contributed by atoms with Crippen LogP contribution < -0.4 is 10.6 Å². The van der Waals surface area contributed by atoms with Crippen molar-refractivity contribution in [3.8, 4) is 0 Å². The summed E-state index contributed by atoms with van der Waals surface area (Å²) in [6, 6.07) is 3.09. The third-order valence-electron chi connectivity index (χ3n) is 2.23. The van der Waals surface area contributed by atoms with Gasteiger partial charge in [-0.15, -0.1) is 0 Å². The minimum Gasteiger partial charge on any atom is -0.355 e. The maximum absolute atomic E-state index is 13.2. The number of halogens is 2. The molecule has 94 valence electrons. The summed E-state index contributed by atoms with van der Waals surface area (Å²) in [4.78, 5) is 11.4. The van der Waals surface area contributed by atoms with Crippen LogP contribution in [0.2, 0.25) is 0 Å². The van der Waals surface area contributed by atoms with Crippen molar-refractivity contribution in [3.63, 3.8) is 0 Å². The van der Waals surface area contributed by atoms with Crippen LogP contribution in [0.3, 0.4) is 0 Å². The highest BCUT2D eigenvalue weighted by Gasteiger charge is 2.08. The van der Waals surface area contributed by atoms with Crippen molar-refractivity contribution >= 4 is 5.91 Å². The average molecular weight is 242 g/mol. The van der Waals surface area contributed by atoms with Crippen molar-refractivity contribution in [1.82, 2.24) is 10.6 Å². The van der Waals surface area contributed by atoms with E-state index in [1.54, 1.807) is 0 Å². The largest absolute Gasteiger partial charge is 0.355 e. The summed E-state index contributed by atoms with van der Waals surface area (Å²) in [6.45, 7) is 3.93. The zero-order chi connectivity index (χ0) is 12.7. The Morgan fingerprint density at radius 3 is 2.76 bits per heavy atom. The third kappa shape index (κ3) is 4.91. The van der Waals surface area contributed by atoms with Crippen LogP contribution in [0.4, 0.5) is 8.78 Å². The molecule has 0 spiro atoms. The van der Waals surface area contributed by atoms with Gasteiger partial charge >= 0.3 is 0 Å². The molecule has 0 radical (unpaired) electrons. The Bertz CT molecular complexity index is 383. The molecule has 0 aliphatic heterocycles. The summed E-state index contributed by atoms with van der Waals surface area (Å²) in [6.07, 6.45) is -0.143. The fourth-order valence-electron chi connectivity index (χ4n) is 1.38. The summed E-state index contributed by atoms with van der Waals surface area (Å²) in [5.74, 6) is -1.41. The van der Waals surface area contributed by atoms with E-state index in [0.717, 1.165) is 24.7 Å². The maximum atomic E-state index is 13.2. The van der Waals surface area contributed by atoms with Gasteiger partial charge in [-0.2, -0.15) is 0 Å². The van der Waals surface area contributed by atoms with Crippen LogP contribution in [-0.2, 0) is 11.2 Å². The van der Waals surface area contributed by atoms with Gasteiger partial charge in [0, 0.05) is 18.7 Å². The number of carbonyl (C=O) groups excluding carboxylic acids is 1. The minimum atomic E-state index is -0.562. The van der Waals surface area contributed by atoms with Crippen molar-refractivity contribution in [3.05, 3.63) is 35.4 Å². The summed E-state index contributed by atoms with van der Waals surface area (Å²) < 4.78 is 26.1. The lowest BCUT2D eigenvalue weighted by Crippen LogP contribution is -2.32. The summed E-state index contributed by atoms with van der Waals surface area (Å²) in [7, 11) is 0. The van der Waals surface area contributed by atoms with E-state index in [4.69, 9.17) is 0 Å². The first kappa shape index (κ1) is 13.6. The van der Waals surface area contributed by atoms with E-state index >= 15 is 0 Å². The predicted molar refractivity (Wildman–Crippen MR) is 61.6 cm³/mol. The molecule has 0 aromatic heterocycles. The van der Waals surface area contributed by atoms with E-state index in [2.05, 4.69) is 10.6 Å². The van der Waals surface area contributed by atoms with Gasteiger partial charge in [-0.3, -0.25) is 4.79 Å². The van der Waals surface area contributed by atoms with Crippen molar-refractivity contribution in [2.24, 2.45) is 0 Å². The normalized spacial score (nSPS) is 10.3. The molecule has 1 aromatic carbocycles. The Labute approximate surface area is 99.2 Å². The van der Waals surface area contributed by atoms with Crippen LogP contribution in [0.5, 0.6) is 0 Å². The Hall–Kier alpha value is -1.49. The van der Waals surface area contributed by atoms with Gasteiger partial charge in [0.05, 0.1) is 6.42 Å². The molecule has 0 saturated heterocycles.